The monoisotopic (exact) mass is 219 g/mol. The zero-order valence-corrected chi connectivity index (χ0v) is 8.52. The fourth-order valence-corrected chi connectivity index (χ4v) is 1.97. The van der Waals surface area contributed by atoms with Crippen LogP contribution < -0.4 is 5.14 Å². The Morgan fingerprint density at radius 2 is 2.08 bits per heavy atom. The van der Waals surface area contributed by atoms with Crippen molar-refractivity contribution in [3.63, 3.8) is 0 Å². The van der Waals surface area contributed by atoms with Gasteiger partial charge in [-0.05, 0) is 24.5 Å². The first-order valence-electron chi connectivity index (χ1n) is 3.35. The van der Waals surface area contributed by atoms with E-state index in [2.05, 4.69) is 0 Å². The maximum Gasteiger partial charge on any atom is 0.238 e. The van der Waals surface area contributed by atoms with Crippen LogP contribution in [0.1, 0.15) is 0 Å². The lowest BCUT2D eigenvalue weighted by molar-refractivity contribution is 0.461. The van der Waals surface area contributed by atoms with Crippen LogP contribution in [-0.4, -0.2) is 19.8 Å². The number of hydrogen-bond acceptors (Lipinski definition) is 4. The molecular weight excluding hydrogens is 210 g/mol. The van der Waals surface area contributed by atoms with Gasteiger partial charge in [-0.1, -0.05) is 0 Å². The maximum atomic E-state index is 10.9. The number of thioether (sulfide) groups is 1. The van der Waals surface area contributed by atoms with Crippen molar-refractivity contribution >= 4 is 21.8 Å². The van der Waals surface area contributed by atoms with Gasteiger partial charge in [0.1, 0.15) is 5.75 Å². The van der Waals surface area contributed by atoms with Crippen LogP contribution in [0.5, 0.6) is 5.75 Å². The number of benzene rings is 1. The zero-order chi connectivity index (χ0) is 10.1. The average molecular weight is 219 g/mol. The van der Waals surface area contributed by atoms with E-state index in [1.165, 1.54) is 30.0 Å². The Morgan fingerprint density at radius 1 is 1.46 bits per heavy atom. The zero-order valence-electron chi connectivity index (χ0n) is 6.89. The van der Waals surface area contributed by atoms with Gasteiger partial charge < -0.3 is 5.11 Å². The summed E-state index contributed by atoms with van der Waals surface area (Å²) >= 11 is 1.26. The minimum Gasteiger partial charge on any atom is -0.507 e. The second-order valence-electron chi connectivity index (χ2n) is 2.38. The summed E-state index contributed by atoms with van der Waals surface area (Å²) in [5.74, 6) is 0.0555. The van der Waals surface area contributed by atoms with Crippen LogP contribution in [0.25, 0.3) is 0 Å². The third-order valence-corrected chi connectivity index (χ3v) is 3.16. The molecule has 0 heterocycles. The molecule has 0 saturated carbocycles. The molecule has 1 aromatic carbocycles. The van der Waals surface area contributed by atoms with Gasteiger partial charge in [0.05, 0.1) is 9.79 Å². The Labute approximate surface area is 80.8 Å². The first-order chi connectivity index (χ1) is 5.95. The number of sulfonamides is 1. The minimum absolute atomic E-state index is 0.00894. The molecule has 0 amide bonds. The number of hydrogen-bond donors (Lipinski definition) is 2. The van der Waals surface area contributed by atoms with Crippen molar-refractivity contribution in [3.8, 4) is 5.75 Å². The molecule has 1 rings (SSSR count). The second-order valence-corrected chi connectivity index (χ2v) is 4.79. The highest BCUT2D eigenvalue weighted by atomic mass is 32.2. The first kappa shape index (κ1) is 10.4. The predicted octanol–water partition coefficient (Wildman–Crippen LogP) is 0.762. The molecule has 0 aromatic heterocycles. The molecule has 0 saturated heterocycles. The molecule has 72 valence electrons. The van der Waals surface area contributed by atoms with E-state index in [-0.39, 0.29) is 10.6 Å². The molecule has 0 atom stereocenters. The van der Waals surface area contributed by atoms with Crippen molar-refractivity contribution in [2.24, 2.45) is 5.14 Å². The molecule has 0 aliphatic rings. The van der Waals surface area contributed by atoms with E-state index < -0.39 is 10.0 Å². The van der Waals surface area contributed by atoms with Crippen LogP contribution in [-0.2, 0) is 10.0 Å². The largest absolute Gasteiger partial charge is 0.507 e. The van der Waals surface area contributed by atoms with E-state index in [4.69, 9.17) is 5.14 Å². The van der Waals surface area contributed by atoms with Crippen molar-refractivity contribution in [2.75, 3.05) is 6.26 Å². The number of phenols is 1. The summed E-state index contributed by atoms with van der Waals surface area (Å²) in [6.45, 7) is 0. The van der Waals surface area contributed by atoms with E-state index in [1.54, 1.807) is 6.26 Å². The lowest BCUT2D eigenvalue weighted by Crippen LogP contribution is -2.11. The highest BCUT2D eigenvalue weighted by molar-refractivity contribution is 7.98. The molecule has 1 aromatic rings. The van der Waals surface area contributed by atoms with Crippen molar-refractivity contribution in [1.82, 2.24) is 0 Å². The fraction of sp³-hybridized carbons (Fsp3) is 0.143. The Hall–Kier alpha value is -0.720. The summed E-state index contributed by atoms with van der Waals surface area (Å²) in [4.78, 5) is 0.501. The summed E-state index contributed by atoms with van der Waals surface area (Å²) in [5, 5.41) is 14.2. The van der Waals surface area contributed by atoms with Gasteiger partial charge in [0.15, 0.2) is 0 Å². The van der Waals surface area contributed by atoms with Gasteiger partial charge >= 0.3 is 0 Å². The molecule has 6 heteroatoms. The Bertz CT molecular complexity index is 414. The van der Waals surface area contributed by atoms with E-state index in [1.807, 2.05) is 0 Å². The molecule has 0 unspecified atom stereocenters. The van der Waals surface area contributed by atoms with E-state index in [9.17, 15) is 13.5 Å². The van der Waals surface area contributed by atoms with Gasteiger partial charge in [-0.25, -0.2) is 13.6 Å². The molecule has 0 aliphatic heterocycles. The smallest absolute Gasteiger partial charge is 0.238 e. The van der Waals surface area contributed by atoms with Gasteiger partial charge in [0.25, 0.3) is 0 Å². The second kappa shape index (κ2) is 3.57. The maximum absolute atomic E-state index is 10.9. The molecule has 0 fully saturated rings. The van der Waals surface area contributed by atoms with Crippen molar-refractivity contribution in [2.45, 2.75) is 9.79 Å². The number of rotatable bonds is 2. The molecule has 4 nitrogen and oxygen atoms in total. The third kappa shape index (κ3) is 2.36. The predicted molar refractivity (Wildman–Crippen MR) is 51.3 cm³/mol. The number of primary sulfonamides is 1. The lowest BCUT2D eigenvalue weighted by atomic mass is 10.3. The normalized spacial score (nSPS) is 11.5. The minimum atomic E-state index is -3.68. The standard InChI is InChI=1S/C7H9NO3S2/c1-12-7-4-5(13(8,10)11)2-3-6(7)9/h2-4,9H,1H3,(H2,8,10,11). The van der Waals surface area contributed by atoms with Crippen LogP contribution in [0.3, 0.4) is 0 Å². The van der Waals surface area contributed by atoms with E-state index in [0.29, 0.717) is 4.90 Å². The van der Waals surface area contributed by atoms with Crippen LogP contribution in [0.15, 0.2) is 28.0 Å². The summed E-state index contributed by atoms with van der Waals surface area (Å²) < 4.78 is 21.8. The molecule has 0 bridgehead atoms. The summed E-state index contributed by atoms with van der Waals surface area (Å²) in [6, 6.07) is 3.92. The van der Waals surface area contributed by atoms with Crippen LogP contribution in [0, 0.1) is 0 Å². The summed E-state index contributed by atoms with van der Waals surface area (Å²) in [5.41, 5.74) is 0. The number of phenolic OH excluding ortho intramolecular Hbond substituents is 1. The Balaban J connectivity index is 3.30. The molecule has 13 heavy (non-hydrogen) atoms. The third-order valence-electron chi connectivity index (χ3n) is 1.48. The number of aromatic hydroxyl groups is 1. The summed E-state index contributed by atoms with van der Waals surface area (Å²) in [6.07, 6.45) is 1.74. The molecular formula is C7H9NO3S2. The van der Waals surface area contributed by atoms with Crippen molar-refractivity contribution in [1.29, 1.82) is 0 Å². The summed E-state index contributed by atoms with van der Waals surface area (Å²) in [7, 11) is -3.68. The van der Waals surface area contributed by atoms with Crippen LogP contribution in [0.2, 0.25) is 0 Å². The van der Waals surface area contributed by atoms with Crippen molar-refractivity contribution < 1.29 is 13.5 Å². The van der Waals surface area contributed by atoms with Gasteiger partial charge in [-0.15, -0.1) is 11.8 Å². The molecule has 0 spiro atoms. The molecule has 3 N–H and O–H groups in total. The average Bonchev–Trinajstić information content (AvgIpc) is 2.03. The van der Waals surface area contributed by atoms with Gasteiger partial charge in [0, 0.05) is 0 Å². The van der Waals surface area contributed by atoms with Crippen LogP contribution in [0.4, 0.5) is 0 Å². The molecule has 0 aliphatic carbocycles. The Kier molecular flexibility index (Phi) is 2.84. The fourth-order valence-electron chi connectivity index (χ4n) is 0.835. The van der Waals surface area contributed by atoms with Gasteiger partial charge in [-0.3, -0.25) is 0 Å². The SMILES string of the molecule is CSc1cc(S(N)(=O)=O)ccc1O. The lowest BCUT2D eigenvalue weighted by Gasteiger charge is -2.03. The number of nitrogens with two attached hydrogens (primary N) is 1. The highest BCUT2D eigenvalue weighted by Gasteiger charge is 2.10. The van der Waals surface area contributed by atoms with E-state index in [0.717, 1.165) is 0 Å². The van der Waals surface area contributed by atoms with Gasteiger partial charge in [-0.2, -0.15) is 0 Å². The Morgan fingerprint density at radius 3 is 2.54 bits per heavy atom. The highest BCUT2D eigenvalue weighted by Crippen LogP contribution is 2.28. The molecule has 0 radical (unpaired) electrons. The van der Waals surface area contributed by atoms with Crippen molar-refractivity contribution in [3.05, 3.63) is 18.2 Å². The van der Waals surface area contributed by atoms with Gasteiger partial charge in [0.2, 0.25) is 10.0 Å². The van der Waals surface area contributed by atoms with Crippen LogP contribution >= 0.6 is 11.8 Å². The first-order valence-corrected chi connectivity index (χ1v) is 6.12. The quantitative estimate of drug-likeness (QED) is 0.720. The topological polar surface area (TPSA) is 80.4 Å². The van der Waals surface area contributed by atoms with E-state index >= 15 is 0 Å².